The second-order valence-corrected chi connectivity index (χ2v) is 9.37. The normalized spacial score (nSPS) is 17.4. The number of nitrogens with zero attached hydrogens (tertiary/aromatic N) is 6. The Morgan fingerprint density at radius 1 is 1.15 bits per heavy atom. The Morgan fingerprint density at radius 3 is 2.67 bits per heavy atom. The molecular formula is C24H27N7O2. The second-order valence-electron chi connectivity index (χ2n) is 9.37. The van der Waals surface area contributed by atoms with Gasteiger partial charge in [-0.2, -0.15) is 10.2 Å². The van der Waals surface area contributed by atoms with E-state index < -0.39 is 0 Å². The number of fused-ring (bicyclic) bond motifs is 1. The summed E-state index contributed by atoms with van der Waals surface area (Å²) in [6, 6.07) is 5.64. The zero-order valence-electron chi connectivity index (χ0n) is 18.9. The van der Waals surface area contributed by atoms with Crippen molar-refractivity contribution in [2.24, 2.45) is 0 Å². The zero-order chi connectivity index (χ0) is 22.5. The van der Waals surface area contributed by atoms with Gasteiger partial charge in [0.25, 0.3) is 5.91 Å². The number of H-pyrrole nitrogens is 1. The van der Waals surface area contributed by atoms with E-state index in [1.165, 1.54) is 12.8 Å². The summed E-state index contributed by atoms with van der Waals surface area (Å²) in [5.41, 5.74) is 1.96. The SMILES string of the molecule is CC(C)n1ncc2c(C(=O)N3CCC(c4nc(C5CC5)n[nH]4)CC3)cc(-c3ccco3)nc21. The monoisotopic (exact) mass is 445 g/mol. The number of hydrogen-bond acceptors (Lipinski definition) is 6. The minimum absolute atomic E-state index is 0.00759. The van der Waals surface area contributed by atoms with Crippen LogP contribution in [0.1, 0.15) is 79.4 Å². The zero-order valence-corrected chi connectivity index (χ0v) is 18.9. The van der Waals surface area contributed by atoms with Gasteiger partial charge < -0.3 is 9.32 Å². The largest absolute Gasteiger partial charge is 0.463 e. The smallest absolute Gasteiger partial charge is 0.254 e. The first-order chi connectivity index (χ1) is 16.1. The van der Waals surface area contributed by atoms with Crippen LogP contribution in [-0.4, -0.2) is 53.8 Å². The van der Waals surface area contributed by atoms with Crippen molar-refractivity contribution in [2.45, 2.75) is 57.4 Å². The summed E-state index contributed by atoms with van der Waals surface area (Å²) in [6.45, 7) is 5.47. The molecule has 1 N–H and O–H groups in total. The lowest BCUT2D eigenvalue weighted by molar-refractivity contribution is 0.0713. The van der Waals surface area contributed by atoms with Gasteiger partial charge in [0.05, 0.1) is 23.4 Å². The molecule has 33 heavy (non-hydrogen) atoms. The third-order valence-electron chi connectivity index (χ3n) is 6.69. The van der Waals surface area contributed by atoms with Crippen molar-refractivity contribution in [3.05, 3.63) is 47.9 Å². The first-order valence-electron chi connectivity index (χ1n) is 11.7. The van der Waals surface area contributed by atoms with Gasteiger partial charge >= 0.3 is 0 Å². The first-order valence-corrected chi connectivity index (χ1v) is 11.7. The standard InChI is InChI=1S/C24H27N7O2/c1-14(2)31-23-18(13-25-31)17(12-19(26-23)20-4-3-11-33-20)24(32)30-9-7-16(8-10-30)22-27-21(28-29-22)15-5-6-15/h3-4,11-16H,5-10H2,1-2H3,(H,27,28,29). The lowest BCUT2D eigenvalue weighted by Crippen LogP contribution is -2.38. The Balaban J connectivity index is 1.27. The van der Waals surface area contributed by atoms with Crippen LogP contribution in [0.15, 0.2) is 35.1 Å². The van der Waals surface area contributed by atoms with E-state index in [1.807, 2.05) is 27.8 Å². The molecule has 0 aromatic carbocycles. The Labute approximate surface area is 191 Å². The van der Waals surface area contributed by atoms with E-state index in [4.69, 9.17) is 14.4 Å². The van der Waals surface area contributed by atoms with Crippen molar-refractivity contribution in [1.82, 2.24) is 34.8 Å². The number of carbonyl (C=O) groups excluding carboxylic acids is 1. The molecule has 1 saturated heterocycles. The van der Waals surface area contributed by atoms with Gasteiger partial charge in [0.15, 0.2) is 17.2 Å². The Morgan fingerprint density at radius 2 is 1.97 bits per heavy atom. The minimum Gasteiger partial charge on any atom is -0.463 e. The molecule has 9 heteroatoms. The molecule has 5 heterocycles. The maximum Gasteiger partial charge on any atom is 0.254 e. The number of aromatic amines is 1. The van der Waals surface area contributed by atoms with Gasteiger partial charge in [-0.3, -0.25) is 9.89 Å². The number of carbonyl (C=O) groups is 1. The number of rotatable bonds is 5. The van der Waals surface area contributed by atoms with Gasteiger partial charge in [-0.05, 0) is 57.7 Å². The van der Waals surface area contributed by atoms with E-state index in [0.717, 1.165) is 29.9 Å². The Bertz CT molecular complexity index is 1290. The van der Waals surface area contributed by atoms with Crippen LogP contribution < -0.4 is 0 Å². The van der Waals surface area contributed by atoms with E-state index >= 15 is 0 Å². The summed E-state index contributed by atoms with van der Waals surface area (Å²) < 4.78 is 7.43. The molecule has 1 saturated carbocycles. The molecule has 4 aromatic heterocycles. The predicted molar refractivity (Wildman–Crippen MR) is 122 cm³/mol. The maximum atomic E-state index is 13.7. The molecule has 4 aromatic rings. The van der Waals surface area contributed by atoms with Crippen LogP contribution in [0.4, 0.5) is 0 Å². The van der Waals surface area contributed by atoms with E-state index in [-0.39, 0.29) is 11.9 Å². The molecular weight excluding hydrogens is 418 g/mol. The quantitative estimate of drug-likeness (QED) is 0.491. The molecule has 0 spiro atoms. The molecule has 0 radical (unpaired) electrons. The van der Waals surface area contributed by atoms with Crippen LogP contribution in [0, 0.1) is 0 Å². The number of aromatic nitrogens is 6. The molecule has 6 rings (SSSR count). The molecule has 9 nitrogen and oxygen atoms in total. The fourth-order valence-electron chi connectivity index (χ4n) is 4.64. The minimum atomic E-state index is 0.00759. The van der Waals surface area contributed by atoms with Crippen LogP contribution in [0.5, 0.6) is 0 Å². The van der Waals surface area contributed by atoms with Crippen LogP contribution in [0.3, 0.4) is 0 Å². The van der Waals surface area contributed by atoms with Gasteiger partial charge in [-0.15, -0.1) is 0 Å². The third-order valence-corrected chi connectivity index (χ3v) is 6.69. The van der Waals surface area contributed by atoms with E-state index in [9.17, 15) is 4.79 Å². The summed E-state index contributed by atoms with van der Waals surface area (Å²) in [6.07, 6.45) is 7.49. The summed E-state index contributed by atoms with van der Waals surface area (Å²) >= 11 is 0. The highest BCUT2D eigenvalue weighted by Crippen LogP contribution is 2.39. The summed E-state index contributed by atoms with van der Waals surface area (Å²) in [5.74, 6) is 3.42. The molecule has 2 aliphatic rings. The van der Waals surface area contributed by atoms with Crippen LogP contribution >= 0.6 is 0 Å². The average Bonchev–Trinajstić information content (AvgIpc) is 3.25. The lowest BCUT2D eigenvalue weighted by Gasteiger charge is -2.31. The summed E-state index contributed by atoms with van der Waals surface area (Å²) in [7, 11) is 0. The average molecular weight is 446 g/mol. The van der Waals surface area contributed by atoms with E-state index in [0.29, 0.717) is 47.6 Å². The summed E-state index contributed by atoms with van der Waals surface area (Å²) in [4.78, 5) is 25.1. The first kappa shape index (κ1) is 20.1. The third kappa shape index (κ3) is 3.61. The molecule has 0 atom stereocenters. The number of furan rings is 1. The van der Waals surface area contributed by atoms with Gasteiger partial charge in [-0.1, -0.05) is 0 Å². The predicted octanol–water partition coefficient (Wildman–Crippen LogP) is 4.29. The van der Waals surface area contributed by atoms with Gasteiger partial charge in [-0.25, -0.2) is 14.6 Å². The number of likely N-dealkylation sites (tertiary alicyclic amines) is 1. The number of amides is 1. The molecule has 0 unspecified atom stereocenters. The highest BCUT2D eigenvalue weighted by Gasteiger charge is 2.31. The van der Waals surface area contributed by atoms with Gasteiger partial charge in [0.1, 0.15) is 11.5 Å². The van der Waals surface area contributed by atoms with Crippen LogP contribution in [0.25, 0.3) is 22.5 Å². The van der Waals surface area contributed by atoms with E-state index in [1.54, 1.807) is 12.5 Å². The molecule has 1 aliphatic heterocycles. The van der Waals surface area contributed by atoms with Crippen molar-refractivity contribution in [2.75, 3.05) is 13.1 Å². The highest BCUT2D eigenvalue weighted by molar-refractivity contribution is 6.06. The van der Waals surface area contributed by atoms with E-state index in [2.05, 4.69) is 29.1 Å². The molecule has 1 aliphatic carbocycles. The van der Waals surface area contributed by atoms with Crippen molar-refractivity contribution < 1.29 is 9.21 Å². The second kappa shape index (κ2) is 7.83. The topological polar surface area (TPSA) is 106 Å². The number of nitrogens with one attached hydrogen (secondary N) is 1. The molecule has 0 bridgehead atoms. The van der Waals surface area contributed by atoms with Gasteiger partial charge in [0.2, 0.25) is 0 Å². The van der Waals surface area contributed by atoms with Crippen LogP contribution in [-0.2, 0) is 0 Å². The Hall–Kier alpha value is -3.49. The number of piperidine rings is 1. The Kier molecular flexibility index (Phi) is 4.78. The fourth-order valence-corrected chi connectivity index (χ4v) is 4.64. The van der Waals surface area contributed by atoms with Crippen molar-refractivity contribution in [3.63, 3.8) is 0 Å². The number of pyridine rings is 1. The lowest BCUT2D eigenvalue weighted by atomic mass is 9.95. The fraction of sp³-hybridized carbons (Fsp3) is 0.458. The molecule has 170 valence electrons. The number of hydrogen-bond donors (Lipinski definition) is 1. The molecule has 2 fully saturated rings. The van der Waals surface area contributed by atoms with Crippen molar-refractivity contribution in [3.8, 4) is 11.5 Å². The maximum absolute atomic E-state index is 13.7. The van der Waals surface area contributed by atoms with Crippen LogP contribution in [0.2, 0.25) is 0 Å². The van der Waals surface area contributed by atoms with Gasteiger partial charge in [0, 0.05) is 31.0 Å². The van der Waals surface area contributed by atoms with Crippen molar-refractivity contribution in [1.29, 1.82) is 0 Å². The van der Waals surface area contributed by atoms with Crippen molar-refractivity contribution >= 4 is 16.9 Å². The molecule has 1 amide bonds. The highest BCUT2D eigenvalue weighted by atomic mass is 16.3. The summed E-state index contributed by atoms with van der Waals surface area (Å²) in [5, 5.41) is 12.8.